The molecule has 1 heterocycles. The monoisotopic (exact) mass is 405 g/mol. The first-order valence-electron chi connectivity index (χ1n) is 8.46. The Labute approximate surface area is 158 Å². The Morgan fingerprint density at radius 2 is 1.80 bits per heavy atom. The highest BCUT2D eigenvalue weighted by Crippen LogP contribution is 2.30. The molecular formula is C17H21Cl2NO4S. The zero-order chi connectivity index (χ0) is 18.0. The van der Waals surface area contributed by atoms with Gasteiger partial charge in [0.05, 0.1) is 15.5 Å². The van der Waals surface area contributed by atoms with E-state index in [1.54, 1.807) is 18.2 Å². The molecule has 25 heavy (non-hydrogen) atoms. The second kappa shape index (κ2) is 7.72. The van der Waals surface area contributed by atoms with E-state index in [1.807, 2.05) is 0 Å². The lowest BCUT2D eigenvalue weighted by atomic mass is 10.0. The van der Waals surface area contributed by atoms with Gasteiger partial charge in [-0.1, -0.05) is 42.5 Å². The molecule has 1 amide bonds. The lowest BCUT2D eigenvalue weighted by molar-refractivity contribution is -0.136. The van der Waals surface area contributed by atoms with Crippen LogP contribution < -0.4 is 4.74 Å². The van der Waals surface area contributed by atoms with Gasteiger partial charge in [-0.25, -0.2) is 8.42 Å². The fourth-order valence-electron chi connectivity index (χ4n) is 3.34. The number of hydrogen-bond acceptors (Lipinski definition) is 4. The molecule has 0 spiro atoms. The second-order valence-electron chi connectivity index (χ2n) is 6.63. The molecule has 1 saturated carbocycles. The Hall–Kier alpha value is -0.980. The van der Waals surface area contributed by atoms with Crippen molar-refractivity contribution in [1.82, 2.24) is 4.90 Å². The lowest BCUT2D eigenvalue weighted by Crippen LogP contribution is -2.59. The lowest BCUT2D eigenvalue weighted by Gasteiger charge is -2.40. The highest BCUT2D eigenvalue weighted by Gasteiger charge is 2.43. The van der Waals surface area contributed by atoms with Crippen LogP contribution in [0.4, 0.5) is 0 Å². The molecule has 138 valence electrons. The summed E-state index contributed by atoms with van der Waals surface area (Å²) in [5.74, 6) is 0.146. The van der Waals surface area contributed by atoms with Gasteiger partial charge in [-0.05, 0) is 31.0 Å². The standard InChI is InChI=1S/C17H21Cl2NO4S/c18-12-6-7-16(15(19)8-12)24-11-17(21)20-9-14(10-20)25(22,23)13-4-2-1-3-5-13/h6-8,13-14H,1-5,9-11H2. The van der Waals surface area contributed by atoms with Gasteiger partial charge < -0.3 is 9.64 Å². The fourth-order valence-corrected chi connectivity index (χ4v) is 6.11. The highest BCUT2D eigenvalue weighted by atomic mass is 35.5. The van der Waals surface area contributed by atoms with Gasteiger partial charge in [-0.3, -0.25) is 4.79 Å². The molecule has 5 nitrogen and oxygen atoms in total. The van der Waals surface area contributed by atoms with Crippen LogP contribution in [0.3, 0.4) is 0 Å². The minimum Gasteiger partial charge on any atom is -0.482 e. The zero-order valence-corrected chi connectivity index (χ0v) is 16.1. The molecule has 0 bridgehead atoms. The maximum atomic E-state index is 12.6. The molecule has 1 aromatic carbocycles. The van der Waals surface area contributed by atoms with Crippen molar-refractivity contribution in [1.29, 1.82) is 0 Å². The van der Waals surface area contributed by atoms with E-state index < -0.39 is 15.1 Å². The molecule has 1 aromatic rings. The van der Waals surface area contributed by atoms with Crippen molar-refractivity contribution in [2.24, 2.45) is 0 Å². The van der Waals surface area contributed by atoms with Gasteiger partial charge in [-0.2, -0.15) is 0 Å². The Morgan fingerprint density at radius 3 is 2.44 bits per heavy atom. The van der Waals surface area contributed by atoms with Crippen LogP contribution in [0.25, 0.3) is 0 Å². The van der Waals surface area contributed by atoms with Crippen LogP contribution in [-0.4, -0.2) is 49.4 Å². The Bertz CT molecular complexity index is 741. The smallest absolute Gasteiger partial charge is 0.260 e. The quantitative estimate of drug-likeness (QED) is 0.753. The third kappa shape index (κ3) is 4.23. The summed E-state index contributed by atoms with van der Waals surface area (Å²) in [6.07, 6.45) is 4.59. The largest absolute Gasteiger partial charge is 0.482 e. The molecule has 0 aromatic heterocycles. The third-order valence-electron chi connectivity index (χ3n) is 4.93. The molecule has 0 N–H and O–H groups in total. The summed E-state index contributed by atoms with van der Waals surface area (Å²) in [5, 5.41) is 0.162. The topological polar surface area (TPSA) is 63.7 Å². The summed E-state index contributed by atoms with van der Waals surface area (Å²) < 4.78 is 30.6. The second-order valence-corrected chi connectivity index (χ2v) is 9.99. The van der Waals surface area contributed by atoms with Crippen LogP contribution in [0.2, 0.25) is 10.0 Å². The molecule has 1 aliphatic carbocycles. The van der Waals surface area contributed by atoms with E-state index in [4.69, 9.17) is 27.9 Å². The number of ether oxygens (including phenoxy) is 1. The van der Waals surface area contributed by atoms with Crippen LogP contribution in [0.1, 0.15) is 32.1 Å². The molecule has 0 atom stereocenters. The number of carbonyl (C=O) groups is 1. The van der Waals surface area contributed by atoms with Crippen molar-refractivity contribution in [3.63, 3.8) is 0 Å². The fraction of sp³-hybridized carbons (Fsp3) is 0.588. The van der Waals surface area contributed by atoms with Crippen LogP contribution in [0, 0.1) is 0 Å². The number of rotatable bonds is 5. The average Bonchev–Trinajstić information content (AvgIpc) is 2.53. The van der Waals surface area contributed by atoms with Crippen LogP contribution in [-0.2, 0) is 14.6 Å². The van der Waals surface area contributed by atoms with E-state index in [9.17, 15) is 13.2 Å². The molecule has 1 saturated heterocycles. The van der Waals surface area contributed by atoms with Gasteiger partial charge in [0.25, 0.3) is 5.91 Å². The highest BCUT2D eigenvalue weighted by molar-refractivity contribution is 7.92. The first-order chi connectivity index (χ1) is 11.9. The number of benzene rings is 1. The number of halogens is 2. The van der Waals surface area contributed by atoms with E-state index in [-0.39, 0.29) is 30.9 Å². The number of amides is 1. The van der Waals surface area contributed by atoms with Crippen molar-refractivity contribution < 1.29 is 17.9 Å². The molecule has 0 unspecified atom stereocenters. The summed E-state index contributed by atoms with van der Waals surface area (Å²) in [6, 6.07) is 4.77. The number of likely N-dealkylation sites (tertiary alicyclic amines) is 1. The van der Waals surface area contributed by atoms with Crippen molar-refractivity contribution in [2.75, 3.05) is 19.7 Å². The predicted molar refractivity (Wildman–Crippen MR) is 98.1 cm³/mol. The maximum Gasteiger partial charge on any atom is 0.260 e. The predicted octanol–water partition coefficient (Wildman–Crippen LogP) is 3.33. The van der Waals surface area contributed by atoms with Gasteiger partial charge >= 0.3 is 0 Å². The van der Waals surface area contributed by atoms with Gasteiger partial charge in [0.15, 0.2) is 16.4 Å². The van der Waals surface area contributed by atoms with Crippen molar-refractivity contribution in [3.8, 4) is 5.75 Å². The SMILES string of the molecule is O=C(COc1ccc(Cl)cc1Cl)N1CC(S(=O)(=O)C2CCCCC2)C1. The van der Waals surface area contributed by atoms with Crippen molar-refractivity contribution >= 4 is 38.9 Å². The molecule has 2 aliphatic rings. The summed E-state index contributed by atoms with van der Waals surface area (Å²) in [6.45, 7) is 0.350. The number of sulfone groups is 1. The Balaban J connectivity index is 1.49. The van der Waals surface area contributed by atoms with E-state index in [0.717, 1.165) is 32.1 Å². The minimum absolute atomic E-state index is 0.169. The van der Waals surface area contributed by atoms with E-state index in [1.165, 1.54) is 4.90 Å². The molecule has 0 radical (unpaired) electrons. The summed E-state index contributed by atoms with van der Waals surface area (Å²) in [7, 11) is -3.14. The molecule has 3 rings (SSSR count). The Morgan fingerprint density at radius 1 is 1.12 bits per heavy atom. The average molecular weight is 406 g/mol. The molecule has 2 fully saturated rings. The number of hydrogen-bond donors (Lipinski definition) is 0. The maximum absolute atomic E-state index is 12.6. The van der Waals surface area contributed by atoms with Crippen LogP contribution in [0.15, 0.2) is 18.2 Å². The number of nitrogens with zero attached hydrogens (tertiary/aromatic N) is 1. The minimum atomic E-state index is -3.14. The third-order valence-corrected chi connectivity index (χ3v) is 8.09. The van der Waals surface area contributed by atoms with E-state index >= 15 is 0 Å². The van der Waals surface area contributed by atoms with Crippen LogP contribution in [0.5, 0.6) is 5.75 Å². The van der Waals surface area contributed by atoms with Gasteiger partial charge in [-0.15, -0.1) is 0 Å². The molecular weight excluding hydrogens is 385 g/mol. The normalized spacial score (nSPS) is 19.5. The van der Waals surface area contributed by atoms with Crippen LogP contribution >= 0.6 is 23.2 Å². The summed E-state index contributed by atoms with van der Waals surface area (Å²) >= 11 is 11.8. The zero-order valence-electron chi connectivity index (χ0n) is 13.8. The van der Waals surface area contributed by atoms with E-state index in [2.05, 4.69) is 0 Å². The van der Waals surface area contributed by atoms with E-state index in [0.29, 0.717) is 15.8 Å². The van der Waals surface area contributed by atoms with Gasteiger partial charge in [0.2, 0.25) is 0 Å². The molecule has 8 heteroatoms. The van der Waals surface area contributed by atoms with Gasteiger partial charge in [0.1, 0.15) is 5.75 Å². The number of carbonyl (C=O) groups excluding carboxylic acids is 1. The van der Waals surface area contributed by atoms with Crippen molar-refractivity contribution in [2.45, 2.75) is 42.6 Å². The first-order valence-corrected chi connectivity index (χ1v) is 10.8. The molecule has 1 aliphatic heterocycles. The summed E-state index contributed by atoms with van der Waals surface area (Å²) in [4.78, 5) is 13.7. The first kappa shape index (κ1) is 18.8. The summed E-state index contributed by atoms with van der Waals surface area (Å²) in [5.41, 5.74) is 0. The van der Waals surface area contributed by atoms with Gasteiger partial charge in [0, 0.05) is 18.1 Å². The van der Waals surface area contributed by atoms with Crippen molar-refractivity contribution in [3.05, 3.63) is 28.2 Å². The Kier molecular flexibility index (Phi) is 5.81.